The van der Waals surface area contributed by atoms with Gasteiger partial charge in [-0.25, -0.2) is 0 Å². The lowest BCUT2D eigenvalue weighted by Crippen LogP contribution is -2.29. The minimum absolute atomic E-state index is 0.00824. The zero-order valence-corrected chi connectivity index (χ0v) is 11.9. The predicted molar refractivity (Wildman–Crippen MR) is 77.4 cm³/mol. The minimum atomic E-state index is -0.398. The van der Waals surface area contributed by atoms with E-state index in [0.29, 0.717) is 19.5 Å². The molecule has 0 aliphatic heterocycles. The van der Waals surface area contributed by atoms with Crippen molar-refractivity contribution in [2.75, 3.05) is 13.1 Å². The van der Waals surface area contributed by atoms with E-state index in [0.717, 1.165) is 12.0 Å². The Kier molecular flexibility index (Phi) is 6.66. The number of amides is 1. The molecule has 0 aromatic heterocycles. The third-order valence-electron chi connectivity index (χ3n) is 3.01. The van der Waals surface area contributed by atoms with E-state index in [1.165, 1.54) is 6.07 Å². The quantitative estimate of drug-likeness (QED) is 0.564. The van der Waals surface area contributed by atoms with E-state index in [2.05, 4.69) is 10.6 Å². The fourth-order valence-corrected chi connectivity index (χ4v) is 2.00. The maximum absolute atomic E-state index is 11.4. The summed E-state index contributed by atoms with van der Waals surface area (Å²) in [5.41, 5.74) is 0.962. The molecule has 0 aliphatic rings. The highest BCUT2D eigenvalue weighted by atomic mass is 16.6. The van der Waals surface area contributed by atoms with Crippen LogP contribution in [0.5, 0.6) is 0 Å². The Hall–Kier alpha value is -1.95. The van der Waals surface area contributed by atoms with Gasteiger partial charge in [0, 0.05) is 37.7 Å². The molecule has 6 nitrogen and oxygen atoms in total. The first kappa shape index (κ1) is 16.1. The van der Waals surface area contributed by atoms with Gasteiger partial charge in [-0.1, -0.05) is 19.1 Å². The van der Waals surface area contributed by atoms with Crippen LogP contribution >= 0.6 is 0 Å². The molecule has 20 heavy (non-hydrogen) atoms. The van der Waals surface area contributed by atoms with E-state index in [-0.39, 0.29) is 17.6 Å². The van der Waals surface area contributed by atoms with E-state index in [9.17, 15) is 14.9 Å². The van der Waals surface area contributed by atoms with Gasteiger partial charge in [0.25, 0.3) is 5.69 Å². The van der Waals surface area contributed by atoms with Crippen molar-refractivity contribution in [1.29, 1.82) is 0 Å². The summed E-state index contributed by atoms with van der Waals surface area (Å²) in [5.74, 6) is 0.00824. The van der Waals surface area contributed by atoms with E-state index in [1.807, 2.05) is 19.9 Å². The number of nitrogens with zero attached hydrogens (tertiary/aromatic N) is 1. The largest absolute Gasteiger partial charge is 0.356 e. The number of hydrogen-bond donors (Lipinski definition) is 2. The van der Waals surface area contributed by atoms with Crippen LogP contribution in [0.15, 0.2) is 24.3 Å². The average molecular weight is 279 g/mol. The zero-order valence-electron chi connectivity index (χ0n) is 11.9. The topological polar surface area (TPSA) is 84.3 Å². The minimum Gasteiger partial charge on any atom is -0.356 e. The molecule has 110 valence electrons. The van der Waals surface area contributed by atoms with E-state index < -0.39 is 4.92 Å². The van der Waals surface area contributed by atoms with Crippen LogP contribution in [0, 0.1) is 10.1 Å². The van der Waals surface area contributed by atoms with Gasteiger partial charge in [-0.05, 0) is 18.9 Å². The van der Waals surface area contributed by atoms with Crippen LogP contribution in [0.1, 0.15) is 38.3 Å². The fraction of sp³-hybridized carbons (Fsp3) is 0.500. The molecule has 0 saturated heterocycles. The summed E-state index contributed by atoms with van der Waals surface area (Å²) in [5, 5.41) is 16.8. The Morgan fingerprint density at radius 3 is 2.75 bits per heavy atom. The molecule has 0 heterocycles. The van der Waals surface area contributed by atoms with E-state index >= 15 is 0 Å². The smallest absolute Gasteiger partial charge is 0.269 e. The highest BCUT2D eigenvalue weighted by molar-refractivity contribution is 5.75. The second kappa shape index (κ2) is 8.27. The van der Waals surface area contributed by atoms with Crippen LogP contribution in [0.2, 0.25) is 0 Å². The van der Waals surface area contributed by atoms with E-state index in [4.69, 9.17) is 0 Å². The second-order valence-corrected chi connectivity index (χ2v) is 4.47. The third kappa shape index (κ3) is 4.97. The molecule has 1 aromatic rings. The Labute approximate surface area is 118 Å². The summed E-state index contributed by atoms with van der Waals surface area (Å²) < 4.78 is 0. The molecular weight excluding hydrogens is 258 g/mol. The first-order chi connectivity index (χ1) is 9.58. The zero-order chi connectivity index (χ0) is 15.0. The molecule has 0 radical (unpaired) electrons. The molecule has 1 amide bonds. The third-order valence-corrected chi connectivity index (χ3v) is 3.01. The number of benzene rings is 1. The van der Waals surface area contributed by atoms with Crippen LogP contribution in [-0.4, -0.2) is 23.9 Å². The number of rotatable bonds is 8. The maximum atomic E-state index is 11.4. The molecular formula is C14H21N3O3. The lowest BCUT2D eigenvalue weighted by atomic mass is 10.0. The van der Waals surface area contributed by atoms with Gasteiger partial charge < -0.3 is 10.6 Å². The monoisotopic (exact) mass is 279 g/mol. The summed E-state index contributed by atoms with van der Waals surface area (Å²) >= 11 is 0. The number of nitro groups is 1. The van der Waals surface area contributed by atoms with Crippen molar-refractivity contribution in [2.45, 2.75) is 32.7 Å². The van der Waals surface area contributed by atoms with Crippen molar-refractivity contribution in [3.8, 4) is 0 Å². The number of nitrogens with one attached hydrogen (secondary N) is 2. The number of carbonyl (C=O) groups is 1. The summed E-state index contributed by atoms with van der Waals surface area (Å²) in [6.07, 6.45) is 1.20. The molecule has 0 fully saturated rings. The Balaban J connectivity index is 2.60. The van der Waals surface area contributed by atoms with Crippen molar-refractivity contribution in [2.24, 2.45) is 0 Å². The normalized spacial score (nSPS) is 11.9. The van der Waals surface area contributed by atoms with Crippen molar-refractivity contribution >= 4 is 11.6 Å². The van der Waals surface area contributed by atoms with Crippen LogP contribution in [0.3, 0.4) is 0 Å². The van der Waals surface area contributed by atoms with Gasteiger partial charge in [0.2, 0.25) is 5.91 Å². The molecule has 0 aliphatic carbocycles. The molecule has 1 unspecified atom stereocenters. The molecule has 0 saturated carbocycles. The fourth-order valence-electron chi connectivity index (χ4n) is 2.00. The lowest BCUT2D eigenvalue weighted by Gasteiger charge is -2.17. The molecule has 1 aromatic carbocycles. The molecule has 0 spiro atoms. The van der Waals surface area contributed by atoms with Gasteiger partial charge in [0.05, 0.1) is 4.92 Å². The number of hydrogen-bond acceptors (Lipinski definition) is 4. The van der Waals surface area contributed by atoms with Gasteiger partial charge in [0.1, 0.15) is 0 Å². The molecule has 0 bridgehead atoms. The van der Waals surface area contributed by atoms with Crippen molar-refractivity contribution in [3.05, 3.63) is 39.9 Å². The summed E-state index contributed by atoms with van der Waals surface area (Å²) in [6, 6.07) is 6.62. The van der Waals surface area contributed by atoms with Crippen LogP contribution < -0.4 is 10.6 Å². The molecule has 6 heteroatoms. The lowest BCUT2D eigenvalue weighted by molar-refractivity contribution is -0.384. The van der Waals surface area contributed by atoms with Gasteiger partial charge >= 0.3 is 0 Å². The van der Waals surface area contributed by atoms with Crippen molar-refractivity contribution in [3.63, 3.8) is 0 Å². The van der Waals surface area contributed by atoms with E-state index in [1.54, 1.807) is 12.1 Å². The second-order valence-electron chi connectivity index (χ2n) is 4.47. The Morgan fingerprint density at radius 2 is 2.15 bits per heavy atom. The molecule has 2 N–H and O–H groups in total. The van der Waals surface area contributed by atoms with Gasteiger partial charge in [-0.15, -0.1) is 0 Å². The highest BCUT2D eigenvalue weighted by Crippen LogP contribution is 2.21. The van der Waals surface area contributed by atoms with Crippen LogP contribution in [0.4, 0.5) is 5.69 Å². The summed E-state index contributed by atoms with van der Waals surface area (Å²) in [6.45, 7) is 5.06. The Morgan fingerprint density at radius 1 is 1.40 bits per heavy atom. The van der Waals surface area contributed by atoms with Crippen LogP contribution in [-0.2, 0) is 4.79 Å². The van der Waals surface area contributed by atoms with Crippen LogP contribution in [0.25, 0.3) is 0 Å². The standard InChI is InChI=1S/C14H21N3O3/c1-3-13(16-9-8-14(18)15-4-2)11-6-5-7-12(10-11)17(19)20/h5-7,10,13,16H,3-4,8-9H2,1-2H3,(H,15,18). The first-order valence-corrected chi connectivity index (χ1v) is 6.82. The predicted octanol–water partition coefficient (Wildman–Crippen LogP) is 2.16. The van der Waals surface area contributed by atoms with Gasteiger partial charge in [0.15, 0.2) is 0 Å². The molecule has 1 atom stereocenters. The molecule has 1 rings (SSSR count). The average Bonchev–Trinajstić information content (AvgIpc) is 2.44. The SMILES string of the molecule is CCNC(=O)CCNC(CC)c1cccc([N+](=O)[O-])c1. The first-order valence-electron chi connectivity index (χ1n) is 6.82. The highest BCUT2D eigenvalue weighted by Gasteiger charge is 2.13. The number of carbonyl (C=O) groups excluding carboxylic acids is 1. The maximum Gasteiger partial charge on any atom is 0.269 e. The number of non-ortho nitro benzene ring substituents is 1. The Bertz CT molecular complexity index is 463. The van der Waals surface area contributed by atoms with Gasteiger partial charge in [-0.3, -0.25) is 14.9 Å². The summed E-state index contributed by atoms with van der Waals surface area (Å²) in [4.78, 5) is 21.7. The number of nitro benzene ring substituents is 1. The van der Waals surface area contributed by atoms with Crippen molar-refractivity contribution in [1.82, 2.24) is 10.6 Å². The van der Waals surface area contributed by atoms with Crippen molar-refractivity contribution < 1.29 is 9.72 Å². The summed E-state index contributed by atoms with van der Waals surface area (Å²) in [7, 11) is 0. The van der Waals surface area contributed by atoms with Gasteiger partial charge in [-0.2, -0.15) is 0 Å².